The van der Waals surface area contributed by atoms with Crippen molar-refractivity contribution in [2.24, 2.45) is 0 Å². The molecule has 2 rings (SSSR count). The third-order valence-electron chi connectivity index (χ3n) is 3.27. The number of aliphatic hydroxyl groups is 1. The van der Waals surface area contributed by atoms with Gasteiger partial charge in [0.2, 0.25) is 0 Å². The number of nitriles is 1. The first kappa shape index (κ1) is 12.2. The van der Waals surface area contributed by atoms with Gasteiger partial charge in [-0.05, 0) is 25.0 Å². The lowest BCUT2D eigenvalue weighted by Crippen LogP contribution is -2.33. The van der Waals surface area contributed by atoms with Crippen LogP contribution in [0.1, 0.15) is 31.2 Å². The molecule has 90 valence electrons. The van der Waals surface area contributed by atoms with Gasteiger partial charge in [-0.25, -0.2) is 0 Å². The van der Waals surface area contributed by atoms with Crippen LogP contribution >= 0.6 is 11.6 Å². The predicted molar refractivity (Wildman–Crippen MR) is 68.1 cm³/mol. The van der Waals surface area contributed by atoms with Crippen LogP contribution in [0, 0.1) is 11.3 Å². The van der Waals surface area contributed by atoms with Crippen molar-refractivity contribution in [1.82, 2.24) is 0 Å². The quantitative estimate of drug-likeness (QED) is 0.867. The summed E-state index contributed by atoms with van der Waals surface area (Å²) in [6, 6.07) is 7.37. The highest BCUT2D eigenvalue weighted by molar-refractivity contribution is 6.32. The van der Waals surface area contributed by atoms with Gasteiger partial charge in [0.1, 0.15) is 6.07 Å². The van der Waals surface area contributed by atoms with Gasteiger partial charge < -0.3 is 10.4 Å². The van der Waals surface area contributed by atoms with Crippen LogP contribution in [0.3, 0.4) is 0 Å². The molecule has 1 fully saturated rings. The summed E-state index contributed by atoms with van der Waals surface area (Å²) in [6.45, 7) is 0.474. The van der Waals surface area contributed by atoms with Crippen molar-refractivity contribution < 1.29 is 5.11 Å². The molecule has 3 nitrogen and oxygen atoms in total. The van der Waals surface area contributed by atoms with Gasteiger partial charge in [-0.3, -0.25) is 0 Å². The Hall–Kier alpha value is -1.24. The highest BCUT2D eigenvalue weighted by atomic mass is 35.5. The number of halogens is 1. The van der Waals surface area contributed by atoms with Gasteiger partial charge in [0.25, 0.3) is 0 Å². The van der Waals surface area contributed by atoms with E-state index in [1.165, 1.54) is 0 Å². The molecule has 1 aliphatic rings. The van der Waals surface area contributed by atoms with Crippen LogP contribution in [-0.4, -0.2) is 17.3 Å². The highest BCUT2D eigenvalue weighted by Crippen LogP contribution is 2.30. The van der Waals surface area contributed by atoms with Gasteiger partial charge in [-0.2, -0.15) is 5.26 Å². The molecule has 1 aromatic rings. The zero-order valence-corrected chi connectivity index (χ0v) is 10.3. The fraction of sp³-hybridized carbons (Fsp3) is 0.462. The maximum atomic E-state index is 10.2. The molecule has 0 bridgehead atoms. The Morgan fingerprint density at radius 1 is 1.41 bits per heavy atom. The van der Waals surface area contributed by atoms with Crippen molar-refractivity contribution in [1.29, 1.82) is 5.26 Å². The lowest BCUT2D eigenvalue weighted by atomic mass is 10.0. The SMILES string of the molecule is N#Cc1c(Cl)cccc1NCC1(O)CCCC1. The number of hydrogen-bond acceptors (Lipinski definition) is 3. The Morgan fingerprint density at radius 3 is 2.76 bits per heavy atom. The molecule has 0 aromatic heterocycles. The third-order valence-corrected chi connectivity index (χ3v) is 3.58. The van der Waals surface area contributed by atoms with Gasteiger partial charge in [0.05, 0.1) is 21.9 Å². The second-order valence-electron chi connectivity index (χ2n) is 4.56. The van der Waals surface area contributed by atoms with Gasteiger partial charge in [0, 0.05) is 6.54 Å². The van der Waals surface area contributed by atoms with Gasteiger partial charge in [0.15, 0.2) is 0 Å². The van der Waals surface area contributed by atoms with Crippen LogP contribution in [0.25, 0.3) is 0 Å². The fourth-order valence-corrected chi connectivity index (χ4v) is 2.47. The van der Waals surface area contributed by atoms with E-state index in [4.69, 9.17) is 16.9 Å². The Labute approximate surface area is 106 Å². The molecule has 0 atom stereocenters. The van der Waals surface area contributed by atoms with Crippen molar-refractivity contribution in [3.05, 3.63) is 28.8 Å². The Balaban J connectivity index is 2.09. The van der Waals surface area contributed by atoms with Crippen LogP contribution in [0.4, 0.5) is 5.69 Å². The largest absolute Gasteiger partial charge is 0.388 e. The maximum absolute atomic E-state index is 10.2. The van der Waals surface area contributed by atoms with Crippen molar-refractivity contribution in [2.75, 3.05) is 11.9 Å². The summed E-state index contributed by atoms with van der Waals surface area (Å²) >= 11 is 5.93. The predicted octanol–water partition coefficient (Wildman–Crippen LogP) is 2.93. The minimum atomic E-state index is -0.630. The van der Waals surface area contributed by atoms with Crippen molar-refractivity contribution in [3.8, 4) is 6.07 Å². The highest BCUT2D eigenvalue weighted by Gasteiger charge is 2.30. The van der Waals surface area contributed by atoms with E-state index in [0.717, 1.165) is 25.7 Å². The molecule has 17 heavy (non-hydrogen) atoms. The van der Waals surface area contributed by atoms with E-state index in [2.05, 4.69) is 11.4 Å². The van der Waals surface area contributed by atoms with Crippen LogP contribution in [0.2, 0.25) is 5.02 Å². The molecule has 4 heteroatoms. The molecule has 0 unspecified atom stereocenters. The number of anilines is 1. The monoisotopic (exact) mass is 250 g/mol. The smallest absolute Gasteiger partial charge is 0.103 e. The van der Waals surface area contributed by atoms with Gasteiger partial charge >= 0.3 is 0 Å². The van der Waals surface area contributed by atoms with E-state index in [1.54, 1.807) is 12.1 Å². The minimum absolute atomic E-state index is 0.441. The second-order valence-corrected chi connectivity index (χ2v) is 4.97. The summed E-state index contributed by atoms with van der Waals surface area (Å²) < 4.78 is 0. The molecule has 1 aromatic carbocycles. The normalized spacial score (nSPS) is 17.7. The summed E-state index contributed by atoms with van der Waals surface area (Å²) in [6.07, 6.45) is 3.78. The number of rotatable bonds is 3. The lowest BCUT2D eigenvalue weighted by molar-refractivity contribution is 0.0615. The van der Waals surface area contributed by atoms with Gasteiger partial charge in [-0.1, -0.05) is 30.5 Å². The van der Waals surface area contributed by atoms with Crippen molar-refractivity contribution >= 4 is 17.3 Å². The summed E-state index contributed by atoms with van der Waals surface area (Å²) in [5.41, 5.74) is 0.505. The van der Waals surface area contributed by atoms with Crippen LogP contribution in [-0.2, 0) is 0 Å². The lowest BCUT2D eigenvalue weighted by Gasteiger charge is -2.23. The van der Waals surface area contributed by atoms with E-state index in [9.17, 15) is 5.11 Å². The Morgan fingerprint density at radius 2 is 2.12 bits per heavy atom. The molecule has 1 aliphatic carbocycles. The Bertz CT molecular complexity index is 447. The molecule has 0 aliphatic heterocycles. The first-order chi connectivity index (χ1) is 8.14. The first-order valence-electron chi connectivity index (χ1n) is 5.79. The summed E-state index contributed by atoms with van der Waals surface area (Å²) in [4.78, 5) is 0. The van der Waals surface area contributed by atoms with Crippen molar-refractivity contribution in [3.63, 3.8) is 0 Å². The molecule has 1 saturated carbocycles. The first-order valence-corrected chi connectivity index (χ1v) is 6.17. The number of hydrogen-bond donors (Lipinski definition) is 2. The zero-order valence-electron chi connectivity index (χ0n) is 9.54. The zero-order chi connectivity index (χ0) is 12.3. The van der Waals surface area contributed by atoms with Crippen LogP contribution in [0.5, 0.6) is 0 Å². The number of benzene rings is 1. The molecule has 0 heterocycles. The average Bonchev–Trinajstić information content (AvgIpc) is 2.74. The van der Waals surface area contributed by atoms with Crippen LogP contribution < -0.4 is 5.32 Å². The van der Waals surface area contributed by atoms with E-state index >= 15 is 0 Å². The standard InChI is InChI=1S/C13H15ClN2O/c14-11-4-3-5-12(10(11)8-15)16-9-13(17)6-1-2-7-13/h3-5,16-17H,1-2,6-7,9H2. The average molecular weight is 251 g/mol. The van der Waals surface area contributed by atoms with Crippen LogP contribution in [0.15, 0.2) is 18.2 Å². The molecule has 0 spiro atoms. The fourth-order valence-electron chi connectivity index (χ4n) is 2.25. The molecule has 0 radical (unpaired) electrons. The van der Waals surface area contributed by atoms with E-state index < -0.39 is 5.60 Å². The summed E-state index contributed by atoms with van der Waals surface area (Å²) in [5.74, 6) is 0. The van der Waals surface area contributed by atoms with Gasteiger partial charge in [-0.15, -0.1) is 0 Å². The third kappa shape index (κ3) is 2.71. The Kier molecular flexibility index (Phi) is 3.56. The molecule has 2 N–H and O–H groups in total. The second kappa shape index (κ2) is 4.95. The number of nitrogens with one attached hydrogen (secondary N) is 1. The molecule has 0 saturated heterocycles. The van der Waals surface area contributed by atoms with E-state index in [0.29, 0.717) is 22.8 Å². The van der Waals surface area contributed by atoms with E-state index in [-0.39, 0.29) is 0 Å². The van der Waals surface area contributed by atoms with Crippen molar-refractivity contribution in [2.45, 2.75) is 31.3 Å². The summed E-state index contributed by atoms with van der Waals surface area (Å²) in [5, 5.41) is 22.8. The molecule has 0 amide bonds. The molecular weight excluding hydrogens is 236 g/mol. The number of nitrogens with zero attached hydrogens (tertiary/aromatic N) is 1. The molecular formula is C13H15ClN2O. The summed E-state index contributed by atoms with van der Waals surface area (Å²) in [7, 11) is 0. The maximum Gasteiger partial charge on any atom is 0.103 e. The minimum Gasteiger partial charge on any atom is -0.388 e. The van der Waals surface area contributed by atoms with E-state index in [1.807, 2.05) is 6.07 Å². The topological polar surface area (TPSA) is 56.0 Å².